The van der Waals surface area contributed by atoms with Crippen molar-refractivity contribution in [2.75, 3.05) is 13.2 Å². The topological polar surface area (TPSA) is 93.7 Å². The summed E-state index contributed by atoms with van der Waals surface area (Å²) in [5.74, 6) is -1.36. The van der Waals surface area contributed by atoms with Gasteiger partial charge in [-0.15, -0.1) is 0 Å². The Morgan fingerprint density at radius 3 is 2.71 bits per heavy atom. The van der Waals surface area contributed by atoms with Gasteiger partial charge in [-0.1, -0.05) is 0 Å². The molecule has 10 heteroatoms. The number of hydrogen-bond donors (Lipinski definition) is 2. The SMILES string of the molecule is CCOc1cc2c(cc1CNC(=O)CCNS(=O)(=O)c1ccc(F)c(F)c1)OC(C)C2. The van der Waals surface area contributed by atoms with E-state index in [4.69, 9.17) is 9.47 Å². The van der Waals surface area contributed by atoms with Crippen LogP contribution in [0.25, 0.3) is 0 Å². The molecule has 0 spiro atoms. The second-order valence-electron chi connectivity index (χ2n) is 7.13. The van der Waals surface area contributed by atoms with Gasteiger partial charge in [0.1, 0.15) is 17.6 Å². The van der Waals surface area contributed by atoms with Gasteiger partial charge in [0.15, 0.2) is 11.6 Å². The van der Waals surface area contributed by atoms with Crippen LogP contribution in [0.5, 0.6) is 11.5 Å². The van der Waals surface area contributed by atoms with Crippen molar-refractivity contribution in [1.82, 2.24) is 10.0 Å². The van der Waals surface area contributed by atoms with Gasteiger partial charge in [-0.05, 0) is 44.2 Å². The number of carbonyl (C=O) groups is 1. The molecular weight excluding hydrogens is 430 g/mol. The largest absolute Gasteiger partial charge is 0.494 e. The Kier molecular flexibility index (Phi) is 7.11. The number of rotatable bonds is 9. The molecule has 1 unspecified atom stereocenters. The molecule has 31 heavy (non-hydrogen) atoms. The lowest BCUT2D eigenvalue weighted by Gasteiger charge is -2.13. The maximum absolute atomic E-state index is 13.3. The zero-order chi connectivity index (χ0) is 22.6. The summed E-state index contributed by atoms with van der Waals surface area (Å²) in [5, 5.41) is 2.72. The van der Waals surface area contributed by atoms with Gasteiger partial charge in [-0.2, -0.15) is 0 Å². The van der Waals surface area contributed by atoms with Gasteiger partial charge < -0.3 is 14.8 Å². The fraction of sp³-hybridized carbons (Fsp3) is 0.381. The molecule has 1 atom stereocenters. The minimum absolute atomic E-state index is 0.0805. The first kappa shape index (κ1) is 23.0. The van der Waals surface area contributed by atoms with Crippen molar-refractivity contribution >= 4 is 15.9 Å². The van der Waals surface area contributed by atoms with Gasteiger partial charge in [0.05, 0.1) is 11.5 Å². The summed E-state index contributed by atoms with van der Waals surface area (Å²) in [7, 11) is -4.06. The second kappa shape index (κ2) is 9.61. The lowest BCUT2D eigenvalue weighted by atomic mass is 10.1. The number of amides is 1. The minimum Gasteiger partial charge on any atom is -0.494 e. The molecule has 3 rings (SSSR count). The molecule has 0 radical (unpaired) electrons. The average Bonchev–Trinajstić information content (AvgIpc) is 3.07. The lowest BCUT2D eigenvalue weighted by molar-refractivity contribution is -0.121. The van der Waals surface area contributed by atoms with E-state index in [0.717, 1.165) is 35.4 Å². The average molecular weight is 454 g/mol. The highest BCUT2D eigenvalue weighted by molar-refractivity contribution is 7.89. The summed E-state index contributed by atoms with van der Waals surface area (Å²) in [4.78, 5) is 11.7. The Balaban J connectivity index is 1.55. The summed E-state index contributed by atoms with van der Waals surface area (Å²) < 4.78 is 64.2. The van der Waals surface area contributed by atoms with Crippen LogP contribution in [0.1, 0.15) is 31.4 Å². The molecular formula is C21H24F2N2O5S. The lowest BCUT2D eigenvalue weighted by Crippen LogP contribution is -2.30. The van der Waals surface area contributed by atoms with Crippen molar-refractivity contribution in [3.63, 3.8) is 0 Å². The van der Waals surface area contributed by atoms with E-state index in [1.54, 1.807) is 0 Å². The number of ether oxygens (including phenoxy) is 2. The fourth-order valence-electron chi connectivity index (χ4n) is 3.22. The molecule has 0 bridgehead atoms. The molecule has 2 aromatic rings. The van der Waals surface area contributed by atoms with Gasteiger partial charge in [0.25, 0.3) is 0 Å². The highest BCUT2D eigenvalue weighted by atomic mass is 32.2. The predicted octanol–water partition coefficient (Wildman–Crippen LogP) is 2.67. The highest BCUT2D eigenvalue weighted by Crippen LogP contribution is 2.35. The quantitative estimate of drug-likeness (QED) is 0.608. The van der Waals surface area contributed by atoms with E-state index in [1.807, 2.05) is 26.0 Å². The van der Waals surface area contributed by atoms with Gasteiger partial charge in [-0.25, -0.2) is 21.9 Å². The van der Waals surface area contributed by atoms with Crippen molar-refractivity contribution in [2.24, 2.45) is 0 Å². The van der Waals surface area contributed by atoms with Crippen LogP contribution in [0.15, 0.2) is 35.2 Å². The third-order valence-electron chi connectivity index (χ3n) is 4.70. The highest BCUT2D eigenvalue weighted by Gasteiger charge is 2.22. The number of sulfonamides is 1. The van der Waals surface area contributed by atoms with Crippen LogP contribution < -0.4 is 19.5 Å². The van der Waals surface area contributed by atoms with Crippen LogP contribution in [-0.2, 0) is 27.8 Å². The third kappa shape index (κ3) is 5.71. The normalized spacial score (nSPS) is 15.3. The molecule has 7 nitrogen and oxygen atoms in total. The zero-order valence-electron chi connectivity index (χ0n) is 17.2. The van der Waals surface area contributed by atoms with E-state index in [-0.39, 0.29) is 31.5 Å². The molecule has 1 amide bonds. The Morgan fingerprint density at radius 1 is 1.23 bits per heavy atom. The first-order valence-electron chi connectivity index (χ1n) is 9.86. The van der Waals surface area contributed by atoms with Crippen LogP contribution >= 0.6 is 0 Å². The van der Waals surface area contributed by atoms with E-state index in [2.05, 4.69) is 10.0 Å². The Morgan fingerprint density at radius 2 is 2.00 bits per heavy atom. The molecule has 0 aromatic heterocycles. The standard InChI is InChI=1S/C21H24F2N2O5S/c1-3-29-19-9-14-8-13(2)30-20(14)10-15(19)12-24-21(26)6-7-25-31(27,28)16-4-5-17(22)18(23)11-16/h4-5,9-11,13,25H,3,6-8,12H2,1-2H3,(H,24,26). The van der Waals surface area contributed by atoms with Crippen molar-refractivity contribution in [3.05, 3.63) is 53.1 Å². The molecule has 0 fully saturated rings. The Labute approximate surface area is 179 Å². The summed E-state index contributed by atoms with van der Waals surface area (Å²) in [6, 6.07) is 6.03. The van der Waals surface area contributed by atoms with Gasteiger partial charge in [-0.3, -0.25) is 4.79 Å². The van der Waals surface area contributed by atoms with Crippen molar-refractivity contribution in [3.8, 4) is 11.5 Å². The summed E-state index contributed by atoms with van der Waals surface area (Å²) in [6.45, 7) is 4.31. The molecule has 2 aromatic carbocycles. The van der Waals surface area contributed by atoms with E-state index in [0.29, 0.717) is 18.4 Å². The molecule has 0 saturated heterocycles. The second-order valence-corrected chi connectivity index (χ2v) is 8.90. The fourth-order valence-corrected chi connectivity index (χ4v) is 4.26. The number of halogens is 2. The van der Waals surface area contributed by atoms with E-state index in [9.17, 15) is 22.0 Å². The number of benzene rings is 2. The van der Waals surface area contributed by atoms with Crippen LogP contribution in [-0.4, -0.2) is 33.6 Å². The maximum Gasteiger partial charge on any atom is 0.240 e. The van der Waals surface area contributed by atoms with E-state index >= 15 is 0 Å². The van der Waals surface area contributed by atoms with Crippen LogP contribution in [0.2, 0.25) is 0 Å². The smallest absolute Gasteiger partial charge is 0.240 e. The number of nitrogens with one attached hydrogen (secondary N) is 2. The van der Waals surface area contributed by atoms with Gasteiger partial charge >= 0.3 is 0 Å². The molecule has 0 saturated carbocycles. The molecule has 0 aliphatic carbocycles. The Bertz CT molecular complexity index is 1080. The number of hydrogen-bond acceptors (Lipinski definition) is 5. The van der Waals surface area contributed by atoms with Crippen molar-refractivity contribution in [1.29, 1.82) is 0 Å². The monoisotopic (exact) mass is 454 g/mol. The third-order valence-corrected chi connectivity index (χ3v) is 6.16. The molecule has 1 aliphatic rings. The number of carbonyl (C=O) groups excluding carboxylic acids is 1. The van der Waals surface area contributed by atoms with Gasteiger partial charge in [0.2, 0.25) is 15.9 Å². The maximum atomic E-state index is 13.3. The van der Waals surface area contributed by atoms with Crippen LogP contribution in [0, 0.1) is 11.6 Å². The molecule has 168 valence electrons. The van der Waals surface area contributed by atoms with Gasteiger partial charge in [0, 0.05) is 37.1 Å². The zero-order valence-corrected chi connectivity index (χ0v) is 18.0. The number of fused-ring (bicyclic) bond motifs is 1. The first-order valence-corrected chi connectivity index (χ1v) is 11.3. The van der Waals surface area contributed by atoms with Crippen molar-refractivity contribution in [2.45, 2.75) is 44.2 Å². The van der Waals surface area contributed by atoms with Crippen LogP contribution in [0.4, 0.5) is 8.78 Å². The predicted molar refractivity (Wildman–Crippen MR) is 109 cm³/mol. The van der Waals surface area contributed by atoms with E-state index in [1.165, 1.54) is 0 Å². The molecule has 1 heterocycles. The summed E-state index contributed by atoms with van der Waals surface area (Å²) >= 11 is 0. The first-order chi connectivity index (χ1) is 14.7. The summed E-state index contributed by atoms with van der Waals surface area (Å²) in [6.07, 6.45) is 0.739. The van der Waals surface area contributed by atoms with E-state index < -0.39 is 26.6 Å². The molecule has 1 aliphatic heterocycles. The molecule has 2 N–H and O–H groups in total. The summed E-state index contributed by atoms with van der Waals surface area (Å²) in [5.41, 5.74) is 1.81. The van der Waals surface area contributed by atoms with Crippen LogP contribution in [0.3, 0.4) is 0 Å². The van der Waals surface area contributed by atoms with Crippen molar-refractivity contribution < 1.29 is 31.5 Å². The minimum atomic E-state index is -4.06. The Hall–Kier alpha value is -2.72.